The van der Waals surface area contributed by atoms with Crippen LogP contribution >= 0.6 is 0 Å². The molecule has 0 bridgehead atoms. The fourth-order valence-electron chi connectivity index (χ4n) is 2.08. The Hall–Kier alpha value is -2.18. The van der Waals surface area contributed by atoms with Gasteiger partial charge in [-0.1, -0.05) is 32.0 Å². The average molecular weight is 287 g/mol. The van der Waals surface area contributed by atoms with Crippen LogP contribution in [0.15, 0.2) is 30.3 Å². The molecule has 0 saturated carbocycles. The normalized spacial score (nSPS) is 10.7. The molecular weight excluding hydrogens is 266 g/mol. The van der Waals surface area contributed by atoms with E-state index in [0.29, 0.717) is 30.0 Å². The molecule has 1 aromatic carbocycles. The highest BCUT2D eigenvalue weighted by atomic mass is 16.5. The monoisotopic (exact) mass is 287 g/mol. The SMILES string of the molecule is COCc1nc(NN)cc(Nc2ccccc2C(C)C)n1. The lowest BCUT2D eigenvalue weighted by molar-refractivity contribution is 0.178. The van der Waals surface area contributed by atoms with E-state index in [1.54, 1.807) is 13.2 Å². The number of nitrogens with zero attached hydrogens (tertiary/aromatic N) is 2. The van der Waals surface area contributed by atoms with Gasteiger partial charge >= 0.3 is 0 Å². The molecule has 0 aliphatic rings. The first-order valence-corrected chi connectivity index (χ1v) is 6.83. The van der Waals surface area contributed by atoms with Crippen molar-refractivity contribution in [2.24, 2.45) is 5.84 Å². The minimum Gasteiger partial charge on any atom is -0.377 e. The van der Waals surface area contributed by atoms with Crippen LogP contribution in [0.2, 0.25) is 0 Å². The van der Waals surface area contributed by atoms with Crippen molar-refractivity contribution >= 4 is 17.3 Å². The van der Waals surface area contributed by atoms with E-state index in [1.165, 1.54) is 5.56 Å². The first-order valence-electron chi connectivity index (χ1n) is 6.83. The van der Waals surface area contributed by atoms with Gasteiger partial charge in [0.15, 0.2) is 5.82 Å². The summed E-state index contributed by atoms with van der Waals surface area (Å²) < 4.78 is 5.07. The number of nitrogen functional groups attached to an aromatic ring is 1. The summed E-state index contributed by atoms with van der Waals surface area (Å²) in [6.45, 7) is 4.64. The van der Waals surface area contributed by atoms with Gasteiger partial charge in [-0.2, -0.15) is 0 Å². The Labute approximate surface area is 124 Å². The fraction of sp³-hybridized carbons (Fsp3) is 0.333. The van der Waals surface area contributed by atoms with Gasteiger partial charge in [-0.15, -0.1) is 0 Å². The molecule has 0 unspecified atom stereocenters. The Morgan fingerprint density at radius 1 is 1.19 bits per heavy atom. The highest BCUT2D eigenvalue weighted by molar-refractivity contribution is 5.63. The number of hydrogen-bond acceptors (Lipinski definition) is 6. The Morgan fingerprint density at radius 2 is 1.90 bits per heavy atom. The fourth-order valence-corrected chi connectivity index (χ4v) is 2.08. The zero-order valence-electron chi connectivity index (χ0n) is 12.6. The van der Waals surface area contributed by atoms with E-state index in [9.17, 15) is 0 Å². The van der Waals surface area contributed by atoms with Gasteiger partial charge < -0.3 is 15.5 Å². The van der Waals surface area contributed by atoms with Crippen molar-refractivity contribution in [3.8, 4) is 0 Å². The molecule has 0 spiro atoms. The predicted octanol–water partition coefficient (Wildman–Crippen LogP) is 2.78. The predicted molar refractivity (Wildman–Crippen MR) is 84.4 cm³/mol. The van der Waals surface area contributed by atoms with E-state index in [4.69, 9.17) is 10.6 Å². The second-order valence-corrected chi connectivity index (χ2v) is 5.00. The third-order valence-electron chi connectivity index (χ3n) is 3.04. The summed E-state index contributed by atoms with van der Waals surface area (Å²) in [5, 5.41) is 3.33. The molecule has 0 radical (unpaired) electrons. The Morgan fingerprint density at radius 3 is 2.57 bits per heavy atom. The van der Waals surface area contributed by atoms with Gasteiger partial charge in [0.05, 0.1) is 0 Å². The third kappa shape index (κ3) is 3.90. The number of para-hydroxylation sites is 1. The number of ether oxygens (including phenoxy) is 1. The molecule has 2 aromatic rings. The van der Waals surface area contributed by atoms with Crippen LogP contribution in [0.4, 0.5) is 17.3 Å². The van der Waals surface area contributed by atoms with Crippen molar-refractivity contribution in [1.82, 2.24) is 9.97 Å². The van der Waals surface area contributed by atoms with E-state index in [2.05, 4.69) is 40.6 Å². The molecule has 0 amide bonds. The summed E-state index contributed by atoms with van der Waals surface area (Å²) in [7, 11) is 1.60. The molecule has 21 heavy (non-hydrogen) atoms. The number of rotatable bonds is 6. The number of hydrogen-bond donors (Lipinski definition) is 3. The highest BCUT2D eigenvalue weighted by Gasteiger charge is 2.09. The number of hydrazine groups is 1. The summed E-state index contributed by atoms with van der Waals surface area (Å²) in [5.74, 6) is 7.65. The van der Waals surface area contributed by atoms with E-state index in [-0.39, 0.29) is 0 Å². The maximum atomic E-state index is 5.45. The zero-order chi connectivity index (χ0) is 15.2. The Bertz CT molecular complexity index is 600. The lowest BCUT2D eigenvalue weighted by atomic mass is 10.0. The smallest absolute Gasteiger partial charge is 0.158 e. The topological polar surface area (TPSA) is 85.1 Å². The second kappa shape index (κ2) is 7.01. The Kier molecular flexibility index (Phi) is 5.08. The Balaban J connectivity index is 2.32. The number of anilines is 3. The molecule has 1 aromatic heterocycles. The van der Waals surface area contributed by atoms with E-state index in [0.717, 1.165) is 5.69 Å². The van der Waals surface area contributed by atoms with E-state index < -0.39 is 0 Å². The van der Waals surface area contributed by atoms with Crippen LogP contribution in [-0.4, -0.2) is 17.1 Å². The van der Waals surface area contributed by atoms with E-state index in [1.807, 2.05) is 18.2 Å². The molecule has 0 aliphatic heterocycles. The van der Waals surface area contributed by atoms with Crippen LogP contribution in [0.25, 0.3) is 0 Å². The standard InChI is InChI=1S/C15H21N5O/c1-10(2)11-6-4-5-7-12(11)17-13-8-14(20-16)19-15(18-13)9-21-3/h4-8,10H,9,16H2,1-3H3,(H2,17,18,19,20). The molecular formula is C15H21N5O. The lowest BCUT2D eigenvalue weighted by Crippen LogP contribution is -2.12. The highest BCUT2D eigenvalue weighted by Crippen LogP contribution is 2.26. The van der Waals surface area contributed by atoms with Crippen molar-refractivity contribution in [1.29, 1.82) is 0 Å². The van der Waals surface area contributed by atoms with Crippen LogP contribution in [0.5, 0.6) is 0 Å². The zero-order valence-corrected chi connectivity index (χ0v) is 12.6. The molecule has 6 heteroatoms. The van der Waals surface area contributed by atoms with Crippen molar-refractivity contribution in [2.75, 3.05) is 17.9 Å². The van der Waals surface area contributed by atoms with Crippen LogP contribution in [0, 0.1) is 0 Å². The van der Waals surface area contributed by atoms with Crippen molar-refractivity contribution < 1.29 is 4.74 Å². The van der Waals surface area contributed by atoms with Gasteiger partial charge in [0.25, 0.3) is 0 Å². The van der Waals surface area contributed by atoms with Gasteiger partial charge in [0, 0.05) is 18.9 Å². The summed E-state index contributed by atoms with van der Waals surface area (Å²) in [6.07, 6.45) is 0. The van der Waals surface area contributed by atoms with Crippen LogP contribution in [0.1, 0.15) is 31.2 Å². The maximum absolute atomic E-state index is 5.45. The summed E-state index contributed by atoms with van der Waals surface area (Å²) in [4.78, 5) is 8.65. The molecule has 0 fully saturated rings. The van der Waals surface area contributed by atoms with Crippen molar-refractivity contribution in [3.05, 3.63) is 41.7 Å². The first kappa shape index (κ1) is 15.2. The molecule has 0 atom stereocenters. The lowest BCUT2D eigenvalue weighted by Gasteiger charge is -2.15. The molecule has 0 aliphatic carbocycles. The molecule has 2 rings (SSSR count). The van der Waals surface area contributed by atoms with Crippen LogP contribution < -0.4 is 16.6 Å². The number of nitrogens with one attached hydrogen (secondary N) is 2. The van der Waals surface area contributed by atoms with Gasteiger partial charge in [-0.3, -0.25) is 0 Å². The summed E-state index contributed by atoms with van der Waals surface area (Å²) >= 11 is 0. The number of methoxy groups -OCH3 is 1. The minimum atomic E-state index is 0.329. The van der Waals surface area contributed by atoms with Crippen LogP contribution in [-0.2, 0) is 11.3 Å². The second-order valence-electron chi connectivity index (χ2n) is 5.00. The van der Waals surface area contributed by atoms with Crippen molar-refractivity contribution in [2.45, 2.75) is 26.4 Å². The first-order chi connectivity index (χ1) is 10.1. The van der Waals surface area contributed by atoms with Gasteiger partial charge in [-0.25, -0.2) is 15.8 Å². The molecule has 112 valence electrons. The van der Waals surface area contributed by atoms with E-state index >= 15 is 0 Å². The molecule has 4 N–H and O–H groups in total. The van der Waals surface area contributed by atoms with Gasteiger partial charge in [-0.05, 0) is 17.5 Å². The molecule has 1 heterocycles. The van der Waals surface area contributed by atoms with Gasteiger partial charge in [0.2, 0.25) is 0 Å². The number of aromatic nitrogens is 2. The maximum Gasteiger partial charge on any atom is 0.158 e. The van der Waals surface area contributed by atoms with Crippen LogP contribution in [0.3, 0.4) is 0 Å². The average Bonchev–Trinajstić information content (AvgIpc) is 2.47. The largest absolute Gasteiger partial charge is 0.377 e. The quantitative estimate of drug-likeness (QED) is 0.559. The number of nitrogens with two attached hydrogens (primary N) is 1. The molecule has 6 nitrogen and oxygen atoms in total. The molecule has 0 saturated heterocycles. The minimum absolute atomic E-state index is 0.329. The van der Waals surface area contributed by atoms with Crippen molar-refractivity contribution in [3.63, 3.8) is 0 Å². The summed E-state index contributed by atoms with van der Waals surface area (Å²) in [5.41, 5.74) is 4.80. The third-order valence-corrected chi connectivity index (χ3v) is 3.04. The van der Waals surface area contributed by atoms with Gasteiger partial charge in [0.1, 0.15) is 18.2 Å². The number of benzene rings is 1. The summed E-state index contributed by atoms with van der Waals surface area (Å²) in [6, 6.07) is 9.92.